The summed E-state index contributed by atoms with van der Waals surface area (Å²) < 4.78 is 1.18. The third-order valence-corrected chi connectivity index (χ3v) is 8.45. The van der Waals surface area contributed by atoms with Crippen molar-refractivity contribution in [3.63, 3.8) is 0 Å². The molecule has 0 aliphatic rings. The number of pyridine rings is 1. The molecule has 0 amide bonds. The van der Waals surface area contributed by atoms with Gasteiger partial charge in [0.05, 0.1) is 5.76 Å². The molecule has 0 saturated carbocycles. The summed E-state index contributed by atoms with van der Waals surface area (Å²) >= 11 is 1.82. The summed E-state index contributed by atoms with van der Waals surface area (Å²) in [4.78, 5) is 16.2. The smallest absolute Gasteiger partial charge is 0.155 e. The van der Waals surface area contributed by atoms with Crippen molar-refractivity contribution in [2.45, 2.75) is 40.5 Å². The van der Waals surface area contributed by atoms with Crippen LogP contribution >= 0.6 is 11.3 Å². The van der Waals surface area contributed by atoms with Crippen LogP contribution in [0.4, 0.5) is 0 Å². The second-order valence-electron chi connectivity index (χ2n) is 10.8. The van der Waals surface area contributed by atoms with Crippen molar-refractivity contribution in [1.82, 2.24) is 4.98 Å². The molecular weight excluding hydrogens is 727 g/mol. The van der Waals surface area contributed by atoms with Gasteiger partial charge in [-0.25, -0.2) is 0 Å². The molecule has 0 aliphatic heterocycles. The predicted octanol–water partition coefficient (Wildman–Crippen LogP) is 10.7. The van der Waals surface area contributed by atoms with Gasteiger partial charge in [-0.1, -0.05) is 109 Å². The summed E-state index contributed by atoms with van der Waals surface area (Å²) in [6, 6.07) is 36.3. The average Bonchev–Trinajstić information content (AvgIpc) is 3.32. The molecule has 6 rings (SSSR count). The number of thiophene rings is 1. The third kappa shape index (κ3) is 7.19. The number of aryl methyl sites for hydroxylation is 1. The molecule has 1 radical (unpaired) electrons. The van der Waals surface area contributed by atoms with Crippen molar-refractivity contribution in [2.24, 2.45) is 0 Å². The van der Waals surface area contributed by atoms with E-state index < -0.39 is 0 Å². The van der Waals surface area contributed by atoms with Crippen molar-refractivity contribution < 1.29 is 30.0 Å². The molecule has 5 heteroatoms. The maximum atomic E-state index is 10.0. The number of hydrogen-bond acceptors (Lipinski definition) is 4. The molecule has 1 N–H and O–H groups in total. The van der Waals surface area contributed by atoms with E-state index in [1.807, 2.05) is 17.5 Å². The van der Waals surface area contributed by atoms with Crippen molar-refractivity contribution >= 4 is 38.0 Å². The number of aromatic nitrogens is 1. The van der Waals surface area contributed by atoms with E-state index in [0.29, 0.717) is 5.92 Å². The van der Waals surface area contributed by atoms with Crippen LogP contribution in [0, 0.1) is 13.0 Å². The van der Waals surface area contributed by atoms with Crippen LogP contribution in [0.15, 0.2) is 109 Å². The minimum absolute atomic E-state index is 0. The second-order valence-corrected chi connectivity index (χ2v) is 11.8. The zero-order valence-corrected chi connectivity index (χ0v) is 28.1. The first-order valence-electron chi connectivity index (χ1n) is 14.1. The topological polar surface area (TPSA) is 50.2 Å². The Balaban J connectivity index is 0.000000475. The van der Waals surface area contributed by atoms with Gasteiger partial charge < -0.3 is 10.1 Å². The number of carbonyl (C=O) groups is 1. The largest absolute Gasteiger partial charge is 0.512 e. The van der Waals surface area contributed by atoms with E-state index in [4.69, 9.17) is 10.1 Å². The first-order chi connectivity index (χ1) is 20.2. The van der Waals surface area contributed by atoms with Crippen molar-refractivity contribution in [1.29, 1.82) is 0 Å². The molecule has 6 aromatic rings. The predicted molar refractivity (Wildman–Crippen MR) is 178 cm³/mol. The number of nitrogens with zero attached hydrogens (tertiary/aromatic N) is 1. The van der Waals surface area contributed by atoms with E-state index in [1.165, 1.54) is 73.5 Å². The SMILES string of the molecule is CC(=O)/C=C(/C)O.Cc1c(-c2ccccc2)sc2[c-]c(-c3nccc4ccc(C(C)C)cc34)cc(-c3ccccc3)c12.[Ir]. The van der Waals surface area contributed by atoms with E-state index in [9.17, 15) is 4.79 Å². The second kappa shape index (κ2) is 14.1. The number of carbonyl (C=O) groups excluding carboxylic acids is 1. The van der Waals surface area contributed by atoms with Gasteiger partial charge in [-0.2, -0.15) is 11.3 Å². The number of aliphatic hydroxyl groups excluding tert-OH is 1. The minimum atomic E-state index is -0.125. The van der Waals surface area contributed by atoms with E-state index in [2.05, 4.69) is 118 Å². The molecule has 0 atom stereocenters. The Morgan fingerprint density at radius 1 is 0.907 bits per heavy atom. The third-order valence-electron chi connectivity index (χ3n) is 7.20. The molecule has 3 nitrogen and oxygen atoms in total. The fraction of sp³-hybridized carbons (Fsp3) is 0.158. The zero-order valence-electron chi connectivity index (χ0n) is 24.9. The molecule has 0 bridgehead atoms. The van der Waals surface area contributed by atoms with Gasteiger partial charge in [-0.3, -0.25) is 4.79 Å². The standard InChI is InChI=1S/C33H26NS.C5H8O2.Ir/c1-21(2)26-15-14-24-16-17-34-32(29(24)18-26)27-19-28(23-10-6-4-7-11-23)31-22(3)33(35-30(31)20-27)25-12-8-5-9-13-25;1-4(6)3-5(2)7;/h4-19,21H,1-3H3;3,6H,1-2H3;/q-1;;/b;4-3-;. The molecule has 2 aromatic heterocycles. The summed E-state index contributed by atoms with van der Waals surface area (Å²) in [6.45, 7) is 9.57. The van der Waals surface area contributed by atoms with Gasteiger partial charge in [-0.15, -0.1) is 17.7 Å². The van der Waals surface area contributed by atoms with Gasteiger partial charge in [0.15, 0.2) is 5.78 Å². The molecule has 0 spiro atoms. The number of hydrogen-bond donors (Lipinski definition) is 1. The monoisotopic (exact) mass is 761 g/mol. The number of benzene rings is 4. The summed E-state index contributed by atoms with van der Waals surface area (Å²) in [6.07, 6.45) is 3.09. The molecule has 2 heterocycles. The van der Waals surface area contributed by atoms with Crippen LogP contribution < -0.4 is 0 Å². The van der Waals surface area contributed by atoms with Crippen LogP contribution in [0.5, 0.6) is 0 Å². The van der Waals surface area contributed by atoms with E-state index in [0.717, 1.165) is 11.3 Å². The first kappa shape index (κ1) is 32.0. The number of aliphatic hydroxyl groups is 1. The maximum absolute atomic E-state index is 10.0. The van der Waals surface area contributed by atoms with Crippen LogP contribution in [-0.2, 0) is 24.9 Å². The molecule has 43 heavy (non-hydrogen) atoms. The van der Waals surface area contributed by atoms with E-state index >= 15 is 0 Å². The molecule has 0 saturated heterocycles. The summed E-state index contributed by atoms with van der Waals surface area (Å²) in [5.74, 6) is 0.402. The summed E-state index contributed by atoms with van der Waals surface area (Å²) in [5, 5.41) is 12.0. The molecular formula is C38H34IrNO2S-. The van der Waals surface area contributed by atoms with Gasteiger partial charge in [-0.05, 0) is 70.6 Å². The fourth-order valence-electron chi connectivity index (χ4n) is 5.19. The minimum Gasteiger partial charge on any atom is -0.512 e. The summed E-state index contributed by atoms with van der Waals surface area (Å²) in [5.41, 5.74) is 8.39. The molecule has 4 aromatic carbocycles. The van der Waals surface area contributed by atoms with E-state index in [-0.39, 0.29) is 31.6 Å². The first-order valence-corrected chi connectivity index (χ1v) is 14.9. The van der Waals surface area contributed by atoms with Gasteiger partial charge in [0, 0.05) is 37.3 Å². The van der Waals surface area contributed by atoms with Crippen molar-refractivity contribution in [2.75, 3.05) is 0 Å². The number of rotatable bonds is 5. The van der Waals surface area contributed by atoms with Crippen LogP contribution in [0.3, 0.4) is 0 Å². The Labute approximate surface area is 271 Å². The zero-order chi connectivity index (χ0) is 29.8. The van der Waals surface area contributed by atoms with Gasteiger partial charge in [0.2, 0.25) is 0 Å². The van der Waals surface area contributed by atoms with Crippen LogP contribution in [-0.4, -0.2) is 15.9 Å². The number of ketones is 1. The Hall–Kier alpha value is -3.89. The fourth-order valence-corrected chi connectivity index (χ4v) is 6.43. The Kier molecular flexibility index (Phi) is 10.5. The molecule has 0 unspecified atom stereocenters. The maximum Gasteiger partial charge on any atom is 0.155 e. The van der Waals surface area contributed by atoms with Crippen molar-refractivity contribution in [3.8, 4) is 32.8 Å². The van der Waals surface area contributed by atoms with Crippen LogP contribution in [0.25, 0.3) is 53.7 Å². The molecule has 219 valence electrons. The van der Waals surface area contributed by atoms with Crippen LogP contribution in [0.2, 0.25) is 0 Å². The number of allylic oxidation sites excluding steroid dienone is 2. The van der Waals surface area contributed by atoms with E-state index in [1.54, 1.807) is 0 Å². The average molecular weight is 761 g/mol. The van der Waals surface area contributed by atoms with Gasteiger partial charge in [0.25, 0.3) is 0 Å². The van der Waals surface area contributed by atoms with Gasteiger partial charge >= 0.3 is 0 Å². The summed E-state index contributed by atoms with van der Waals surface area (Å²) in [7, 11) is 0. The van der Waals surface area contributed by atoms with Gasteiger partial charge in [0.1, 0.15) is 0 Å². The normalized spacial score (nSPS) is 11.3. The Morgan fingerprint density at radius 2 is 1.56 bits per heavy atom. The number of fused-ring (bicyclic) bond motifs is 2. The quantitative estimate of drug-likeness (QED) is 0.108. The molecule has 0 fully saturated rings. The molecule has 0 aliphatic carbocycles. The Bertz CT molecular complexity index is 1900. The van der Waals surface area contributed by atoms with Crippen LogP contribution in [0.1, 0.15) is 44.7 Å². The van der Waals surface area contributed by atoms with Crippen molar-refractivity contribution in [3.05, 3.63) is 126 Å². The Morgan fingerprint density at radius 3 is 2.14 bits per heavy atom.